The predicted octanol–water partition coefficient (Wildman–Crippen LogP) is 3.46. The second-order valence-electron chi connectivity index (χ2n) is 6.46. The number of H-pyrrole nitrogens is 1. The highest BCUT2D eigenvalue weighted by atomic mass is 32.1. The molecule has 1 N–H and O–H groups in total. The molecule has 0 aliphatic carbocycles. The van der Waals surface area contributed by atoms with Gasteiger partial charge in [0, 0.05) is 7.05 Å². The molecule has 0 bridgehead atoms. The third-order valence-electron chi connectivity index (χ3n) is 4.37. The SMILES string of the molecule is CN(Cc1nc2ccsc2c(=O)[nH]1)C(=O)c1cnn(-c2ccccc2)c1C(F)(F)F. The molecule has 3 heterocycles. The number of benzene rings is 1. The van der Waals surface area contributed by atoms with Crippen LogP contribution in [0.4, 0.5) is 13.2 Å². The number of rotatable bonds is 4. The fourth-order valence-corrected chi connectivity index (χ4v) is 3.77. The molecule has 1 amide bonds. The summed E-state index contributed by atoms with van der Waals surface area (Å²) in [6.45, 7) is -0.173. The van der Waals surface area contributed by atoms with Crippen LogP contribution < -0.4 is 5.56 Å². The number of amides is 1. The number of nitrogens with zero attached hydrogens (tertiary/aromatic N) is 4. The molecule has 0 aliphatic heterocycles. The van der Waals surface area contributed by atoms with Crippen LogP contribution in [0.1, 0.15) is 21.9 Å². The number of aromatic amines is 1. The van der Waals surface area contributed by atoms with E-state index in [9.17, 15) is 22.8 Å². The molecule has 0 saturated heterocycles. The third kappa shape index (κ3) is 3.59. The Bertz CT molecular complexity index is 1280. The first kappa shape index (κ1) is 19.8. The van der Waals surface area contributed by atoms with Gasteiger partial charge in [-0.05, 0) is 23.6 Å². The van der Waals surface area contributed by atoms with Crippen molar-refractivity contribution in [1.82, 2.24) is 24.6 Å². The van der Waals surface area contributed by atoms with Crippen LogP contribution in [-0.4, -0.2) is 37.6 Å². The molecule has 0 unspecified atom stereocenters. The van der Waals surface area contributed by atoms with Gasteiger partial charge in [-0.25, -0.2) is 9.67 Å². The molecule has 0 fully saturated rings. The molecule has 0 aliphatic rings. The van der Waals surface area contributed by atoms with Crippen LogP contribution in [0.3, 0.4) is 0 Å². The van der Waals surface area contributed by atoms with E-state index in [1.165, 1.54) is 30.5 Å². The summed E-state index contributed by atoms with van der Waals surface area (Å²) in [5, 5.41) is 5.50. The van der Waals surface area contributed by atoms with Crippen LogP contribution in [0, 0.1) is 0 Å². The molecule has 1 aromatic carbocycles. The van der Waals surface area contributed by atoms with Gasteiger partial charge < -0.3 is 9.88 Å². The maximum Gasteiger partial charge on any atom is 0.434 e. The van der Waals surface area contributed by atoms with Crippen molar-refractivity contribution in [2.45, 2.75) is 12.7 Å². The van der Waals surface area contributed by atoms with E-state index < -0.39 is 23.3 Å². The van der Waals surface area contributed by atoms with Gasteiger partial charge in [0.25, 0.3) is 11.5 Å². The van der Waals surface area contributed by atoms with Crippen molar-refractivity contribution in [1.29, 1.82) is 0 Å². The Balaban J connectivity index is 1.68. The molecule has 3 aromatic heterocycles. The van der Waals surface area contributed by atoms with E-state index in [4.69, 9.17) is 0 Å². The number of halogens is 3. The molecular weight excluding hydrogens is 419 g/mol. The van der Waals surface area contributed by atoms with Crippen molar-refractivity contribution in [3.8, 4) is 5.69 Å². The summed E-state index contributed by atoms with van der Waals surface area (Å²) in [6, 6.07) is 9.40. The smallest absolute Gasteiger partial charge is 0.334 e. The van der Waals surface area contributed by atoms with E-state index in [1.807, 2.05) is 0 Å². The molecule has 30 heavy (non-hydrogen) atoms. The van der Waals surface area contributed by atoms with Crippen LogP contribution in [0.5, 0.6) is 0 Å². The molecule has 154 valence electrons. The zero-order chi connectivity index (χ0) is 21.5. The van der Waals surface area contributed by atoms with E-state index >= 15 is 0 Å². The maximum absolute atomic E-state index is 13.8. The van der Waals surface area contributed by atoms with Gasteiger partial charge in [-0.1, -0.05) is 18.2 Å². The second kappa shape index (κ2) is 7.41. The number of para-hydroxylation sites is 1. The molecule has 0 atom stereocenters. The minimum atomic E-state index is -4.81. The first-order valence-corrected chi connectivity index (χ1v) is 9.56. The number of hydrogen-bond acceptors (Lipinski definition) is 5. The zero-order valence-corrected chi connectivity index (χ0v) is 16.3. The summed E-state index contributed by atoms with van der Waals surface area (Å²) in [6.07, 6.45) is -3.91. The van der Waals surface area contributed by atoms with Crippen molar-refractivity contribution >= 4 is 27.5 Å². The fraction of sp³-hybridized carbons (Fsp3) is 0.158. The van der Waals surface area contributed by atoms with Crippen LogP contribution in [0.25, 0.3) is 15.9 Å². The number of fused-ring (bicyclic) bond motifs is 1. The molecule has 0 radical (unpaired) electrons. The summed E-state index contributed by atoms with van der Waals surface area (Å²) in [7, 11) is 1.33. The molecule has 0 spiro atoms. The van der Waals surface area contributed by atoms with Gasteiger partial charge in [-0.2, -0.15) is 18.3 Å². The topological polar surface area (TPSA) is 83.9 Å². The van der Waals surface area contributed by atoms with Crippen LogP contribution in [0.2, 0.25) is 0 Å². The standard InChI is InChI=1S/C19H14F3N5O2S/c1-26(10-14-24-13-7-8-30-15(13)17(28)25-14)18(29)12-9-23-27(16(12)19(20,21)22)11-5-3-2-4-6-11/h2-9H,10H2,1H3,(H,24,25,28). The summed E-state index contributed by atoms with van der Waals surface area (Å²) >= 11 is 1.23. The minimum Gasteiger partial charge on any atom is -0.334 e. The first-order valence-electron chi connectivity index (χ1n) is 8.68. The molecular formula is C19H14F3N5O2S. The van der Waals surface area contributed by atoms with E-state index in [2.05, 4.69) is 15.1 Å². The first-order chi connectivity index (χ1) is 14.3. The summed E-state index contributed by atoms with van der Waals surface area (Å²) in [4.78, 5) is 32.8. The van der Waals surface area contributed by atoms with Gasteiger partial charge in [0.2, 0.25) is 0 Å². The predicted molar refractivity (Wildman–Crippen MR) is 105 cm³/mol. The quantitative estimate of drug-likeness (QED) is 0.534. The zero-order valence-electron chi connectivity index (χ0n) is 15.5. The van der Waals surface area contributed by atoms with Gasteiger partial charge in [0.15, 0.2) is 5.69 Å². The van der Waals surface area contributed by atoms with Gasteiger partial charge in [-0.3, -0.25) is 9.59 Å². The second-order valence-corrected chi connectivity index (χ2v) is 7.38. The van der Waals surface area contributed by atoms with Crippen LogP contribution >= 0.6 is 11.3 Å². The Morgan fingerprint density at radius 1 is 1.23 bits per heavy atom. The lowest BCUT2D eigenvalue weighted by molar-refractivity contribution is -0.143. The minimum absolute atomic E-state index is 0.172. The Hall–Kier alpha value is -3.47. The third-order valence-corrected chi connectivity index (χ3v) is 5.27. The maximum atomic E-state index is 13.8. The number of nitrogens with one attached hydrogen (secondary N) is 1. The average molecular weight is 433 g/mol. The van der Waals surface area contributed by atoms with Gasteiger partial charge in [0.1, 0.15) is 10.5 Å². The normalized spacial score (nSPS) is 11.7. The number of carbonyl (C=O) groups is 1. The highest BCUT2D eigenvalue weighted by Crippen LogP contribution is 2.34. The van der Waals surface area contributed by atoms with Crippen molar-refractivity contribution < 1.29 is 18.0 Å². The van der Waals surface area contributed by atoms with Crippen molar-refractivity contribution in [2.75, 3.05) is 7.05 Å². The fourth-order valence-electron chi connectivity index (χ4n) is 3.04. The largest absolute Gasteiger partial charge is 0.434 e. The number of aromatic nitrogens is 4. The average Bonchev–Trinajstić information content (AvgIpc) is 3.35. The number of thiophene rings is 1. The molecule has 11 heteroatoms. The molecule has 0 saturated carbocycles. The lowest BCUT2D eigenvalue weighted by Gasteiger charge is -2.18. The van der Waals surface area contributed by atoms with E-state index in [0.717, 1.165) is 11.1 Å². The van der Waals surface area contributed by atoms with Gasteiger partial charge in [0.05, 0.1) is 29.5 Å². The Morgan fingerprint density at radius 2 is 1.97 bits per heavy atom. The van der Waals surface area contributed by atoms with Crippen molar-refractivity contribution in [2.24, 2.45) is 0 Å². The van der Waals surface area contributed by atoms with Crippen molar-refractivity contribution in [3.63, 3.8) is 0 Å². The van der Waals surface area contributed by atoms with E-state index in [0.29, 0.717) is 14.9 Å². The Kier molecular flexibility index (Phi) is 4.90. The summed E-state index contributed by atoms with van der Waals surface area (Å²) in [5.41, 5.74) is -1.47. The Labute approximate surface area is 171 Å². The van der Waals surface area contributed by atoms with Crippen molar-refractivity contribution in [3.05, 3.63) is 75.4 Å². The monoisotopic (exact) mass is 433 g/mol. The molecule has 4 rings (SSSR count). The van der Waals surface area contributed by atoms with Gasteiger partial charge >= 0.3 is 6.18 Å². The Morgan fingerprint density at radius 3 is 2.67 bits per heavy atom. The number of carbonyl (C=O) groups excluding carboxylic acids is 1. The summed E-state index contributed by atoms with van der Waals surface area (Å²) in [5.74, 6) is -0.719. The molecule has 7 nitrogen and oxygen atoms in total. The highest BCUT2D eigenvalue weighted by molar-refractivity contribution is 7.17. The lowest BCUT2D eigenvalue weighted by Crippen LogP contribution is -2.30. The summed E-state index contributed by atoms with van der Waals surface area (Å²) < 4.78 is 42.5. The number of alkyl halides is 3. The number of hydrogen-bond donors (Lipinski definition) is 1. The van der Waals surface area contributed by atoms with E-state index in [1.54, 1.807) is 29.6 Å². The van der Waals surface area contributed by atoms with Crippen LogP contribution in [0.15, 0.2) is 52.8 Å². The van der Waals surface area contributed by atoms with Crippen LogP contribution in [-0.2, 0) is 12.7 Å². The van der Waals surface area contributed by atoms with E-state index in [-0.39, 0.29) is 23.6 Å². The lowest BCUT2D eigenvalue weighted by atomic mass is 10.2. The molecule has 4 aromatic rings. The van der Waals surface area contributed by atoms with Gasteiger partial charge in [-0.15, -0.1) is 11.3 Å². The highest BCUT2D eigenvalue weighted by Gasteiger charge is 2.41.